The summed E-state index contributed by atoms with van der Waals surface area (Å²) in [5.41, 5.74) is 0. The Bertz CT molecular complexity index is 984. The second-order valence-corrected chi connectivity index (χ2v) is 15.2. The van der Waals surface area contributed by atoms with Crippen LogP contribution >= 0.6 is 7.82 Å². The van der Waals surface area contributed by atoms with E-state index in [9.17, 15) is 14.2 Å². The van der Waals surface area contributed by atoms with E-state index >= 15 is 0 Å². The summed E-state index contributed by atoms with van der Waals surface area (Å²) in [5.74, 6) is -0.906. The highest BCUT2D eigenvalue weighted by atomic mass is 31.2. The summed E-state index contributed by atoms with van der Waals surface area (Å²) in [4.78, 5) is 42.8. The van der Waals surface area contributed by atoms with Gasteiger partial charge in [0.25, 0.3) is 0 Å². The first-order chi connectivity index (χ1) is 25.3. The Morgan fingerprint density at radius 2 is 0.904 bits per heavy atom. The van der Waals surface area contributed by atoms with Crippen LogP contribution in [0.2, 0.25) is 0 Å². The summed E-state index contributed by atoms with van der Waals surface area (Å²) in [5, 5.41) is 0. The topological polar surface area (TPSA) is 119 Å². The molecule has 8 nitrogen and oxygen atoms in total. The summed E-state index contributed by atoms with van der Waals surface area (Å²) in [7, 11) is -4.76. The van der Waals surface area contributed by atoms with E-state index in [0.717, 1.165) is 77.0 Å². The standard InChI is InChI=1S/C43H77O8P/c1-3-5-7-9-11-13-15-17-18-19-20-21-22-23-24-26-28-30-32-34-36-38-43(45)51-41(40-50-52(46,47)48)39-49-42(44)37-35-33-31-29-27-25-16-14-12-10-8-6-4-2/h8,10,14-17,19-20,41H,3-7,9,11-13,18,21-40H2,1-2H3,(H2,46,47,48)/b10-8-,16-14-,17-15-,20-19-. The fraction of sp³-hybridized carbons (Fsp3) is 0.767. The summed E-state index contributed by atoms with van der Waals surface area (Å²) in [6.45, 7) is 3.59. The number of carbonyl (C=O) groups is 2. The van der Waals surface area contributed by atoms with Crippen LogP contribution in [0.25, 0.3) is 0 Å². The van der Waals surface area contributed by atoms with Crippen molar-refractivity contribution in [2.75, 3.05) is 13.2 Å². The highest BCUT2D eigenvalue weighted by Gasteiger charge is 2.22. The highest BCUT2D eigenvalue weighted by Crippen LogP contribution is 2.36. The summed E-state index contributed by atoms with van der Waals surface area (Å²) < 4.78 is 26.4. The van der Waals surface area contributed by atoms with E-state index in [0.29, 0.717) is 12.8 Å². The van der Waals surface area contributed by atoms with E-state index in [1.165, 1.54) is 77.0 Å². The van der Waals surface area contributed by atoms with Gasteiger partial charge in [0.1, 0.15) is 6.61 Å². The van der Waals surface area contributed by atoms with Crippen molar-refractivity contribution in [3.63, 3.8) is 0 Å². The Hall–Kier alpha value is -1.99. The lowest BCUT2D eigenvalue weighted by Crippen LogP contribution is -2.29. The Morgan fingerprint density at radius 3 is 1.35 bits per heavy atom. The summed E-state index contributed by atoms with van der Waals surface area (Å²) >= 11 is 0. The minimum absolute atomic E-state index is 0.203. The molecule has 0 aliphatic carbocycles. The number of phosphoric ester groups is 1. The molecule has 0 aliphatic heterocycles. The van der Waals surface area contributed by atoms with Crippen molar-refractivity contribution in [3.8, 4) is 0 Å². The van der Waals surface area contributed by atoms with Gasteiger partial charge in [-0.3, -0.25) is 14.1 Å². The Labute approximate surface area is 318 Å². The van der Waals surface area contributed by atoms with Crippen LogP contribution in [-0.2, 0) is 28.2 Å². The average molecular weight is 753 g/mol. The van der Waals surface area contributed by atoms with Gasteiger partial charge in [0.2, 0.25) is 0 Å². The maximum atomic E-state index is 12.4. The van der Waals surface area contributed by atoms with Gasteiger partial charge in [-0.05, 0) is 70.6 Å². The molecule has 302 valence electrons. The second kappa shape index (κ2) is 38.7. The molecule has 2 N–H and O–H groups in total. The van der Waals surface area contributed by atoms with E-state index in [1.54, 1.807) is 0 Å². The molecule has 1 atom stereocenters. The molecule has 52 heavy (non-hydrogen) atoms. The second-order valence-electron chi connectivity index (χ2n) is 14.0. The maximum Gasteiger partial charge on any atom is 0.469 e. The number of phosphoric acid groups is 1. The van der Waals surface area contributed by atoms with E-state index in [4.69, 9.17) is 19.3 Å². The SMILES string of the molecule is CCC/C=C\C/C=C\CCCCCCCC(=O)OCC(COP(=O)(O)O)OC(=O)CCCCCCCCCCC/C=C\C/C=C\CCCCCCC. The first-order valence-corrected chi connectivity index (χ1v) is 22.5. The molecule has 0 saturated carbocycles. The number of esters is 2. The zero-order valence-corrected chi connectivity index (χ0v) is 34.1. The zero-order valence-electron chi connectivity index (χ0n) is 33.2. The van der Waals surface area contributed by atoms with E-state index in [-0.39, 0.29) is 19.4 Å². The van der Waals surface area contributed by atoms with Crippen LogP contribution in [0.1, 0.15) is 194 Å². The van der Waals surface area contributed by atoms with Crippen molar-refractivity contribution in [1.82, 2.24) is 0 Å². The van der Waals surface area contributed by atoms with Gasteiger partial charge in [-0.1, -0.05) is 159 Å². The van der Waals surface area contributed by atoms with Gasteiger partial charge in [0.15, 0.2) is 6.10 Å². The molecule has 0 aromatic rings. The quantitative estimate of drug-likeness (QED) is 0.0277. The number of carbonyl (C=O) groups excluding carboxylic acids is 2. The molecule has 0 amide bonds. The molecule has 1 unspecified atom stereocenters. The average Bonchev–Trinajstić information content (AvgIpc) is 3.11. The van der Waals surface area contributed by atoms with Crippen LogP contribution in [0.15, 0.2) is 48.6 Å². The number of unbranched alkanes of at least 4 members (excludes halogenated alkanes) is 20. The van der Waals surface area contributed by atoms with Crippen LogP contribution in [0.5, 0.6) is 0 Å². The third kappa shape index (κ3) is 40.8. The minimum atomic E-state index is -4.76. The van der Waals surface area contributed by atoms with Crippen molar-refractivity contribution in [1.29, 1.82) is 0 Å². The van der Waals surface area contributed by atoms with Crippen LogP contribution in [0, 0.1) is 0 Å². The lowest BCUT2D eigenvalue weighted by atomic mass is 10.1. The van der Waals surface area contributed by atoms with Gasteiger partial charge in [-0.2, -0.15) is 0 Å². The summed E-state index contributed by atoms with van der Waals surface area (Å²) in [6.07, 6.45) is 46.9. The fourth-order valence-electron chi connectivity index (χ4n) is 5.68. The van der Waals surface area contributed by atoms with Crippen molar-refractivity contribution in [2.45, 2.75) is 200 Å². The van der Waals surface area contributed by atoms with E-state index in [2.05, 4.69) is 67.0 Å². The van der Waals surface area contributed by atoms with Crippen LogP contribution in [0.3, 0.4) is 0 Å². The number of allylic oxidation sites excluding steroid dienone is 8. The maximum absolute atomic E-state index is 12.4. The Morgan fingerprint density at radius 1 is 0.500 bits per heavy atom. The molecule has 0 radical (unpaired) electrons. The normalized spacial score (nSPS) is 12.9. The molecule has 0 heterocycles. The molecule has 0 aliphatic rings. The molecular formula is C43H77O8P. The molecule has 0 aromatic heterocycles. The zero-order chi connectivity index (χ0) is 38.2. The van der Waals surface area contributed by atoms with Gasteiger partial charge in [-0.25, -0.2) is 4.57 Å². The largest absolute Gasteiger partial charge is 0.469 e. The van der Waals surface area contributed by atoms with Gasteiger partial charge in [0, 0.05) is 12.8 Å². The lowest BCUT2D eigenvalue weighted by molar-refractivity contribution is -0.161. The molecule has 0 aromatic carbocycles. The number of hydrogen-bond donors (Lipinski definition) is 2. The minimum Gasteiger partial charge on any atom is -0.462 e. The predicted octanol–water partition coefficient (Wildman–Crippen LogP) is 12.7. The number of hydrogen-bond acceptors (Lipinski definition) is 6. The lowest BCUT2D eigenvalue weighted by Gasteiger charge is -2.18. The fourth-order valence-corrected chi connectivity index (χ4v) is 6.04. The van der Waals surface area contributed by atoms with Gasteiger partial charge >= 0.3 is 19.8 Å². The summed E-state index contributed by atoms with van der Waals surface area (Å²) in [6, 6.07) is 0. The van der Waals surface area contributed by atoms with Crippen molar-refractivity contribution < 1.29 is 37.9 Å². The Balaban J connectivity index is 3.92. The first-order valence-electron chi connectivity index (χ1n) is 20.9. The first kappa shape index (κ1) is 50.0. The van der Waals surface area contributed by atoms with Crippen molar-refractivity contribution in [3.05, 3.63) is 48.6 Å². The molecule has 9 heteroatoms. The molecule has 0 fully saturated rings. The molecule has 0 rings (SSSR count). The highest BCUT2D eigenvalue weighted by molar-refractivity contribution is 7.46. The van der Waals surface area contributed by atoms with E-state index in [1.807, 2.05) is 0 Å². The number of rotatable bonds is 38. The van der Waals surface area contributed by atoms with Gasteiger partial charge in [-0.15, -0.1) is 0 Å². The smallest absolute Gasteiger partial charge is 0.462 e. The molecule has 0 spiro atoms. The Kier molecular flexibility index (Phi) is 37.2. The number of ether oxygens (including phenoxy) is 2. The molecular weight excluding hydrogens is 675 g/mol. The van der Waals surface area contributed by atoms with Crippen LogP contribution in [-0.4, -0.2) is 41.0 Å². The predicted molar refractivity (Wildman–Crippen MR) is 216 cm³/mol. The third-order valence-electron chi connectivity index (χ3n) is 8.80. The molecule has 0 bridgehead atoms. The molecule has 0 saturated heterocycles. The van der Waals surface area contributed by atoms with Crippen molar-refractivity contribution >= 4 is 19.8 Å². The van der Waals surface area contributed by atoms with Gasteiger partial charge in [0.05, 0.1) is 6.61 Å². The van der Waals surface area contributed by atoms with E-state index < -0.39 is 32.5 Å². The van der Waals surface area contributed by atoms with Gasteiger partial charge < -0.3 is 19.3 Å². The van der Waals surface area contributed by atoms with Crippen LogP contribution in [0.4, 0.5) is 0 Å². The van der Waals surface area contributed by atoms with Crippen LogP contribution < -0.4 is 0 Å². The monoisotopic (exact) mass is 753 g/mol. The third-order valence-corrected chi connectivity index (χ3v) is 9.29. The van der Waals surface area contributed by atoms with Crippen molar-refractivity contribution in [2.24, 2.45) is 0 Å².